The number of esters is 1. The van der Waals surface area contributed by atoms with Crippen molar-refractivity contribution in [1.82, 2.24) is 9.13 Å². The molecule has 0 aliphatic heterocycles. The molecule has 0 aliphatic carbocycles. The highest BCUT2D eigenvalue weighted by Crippen LogP contribution is 2.36. The number of carbonyl (C=O) groups excluding carboxylic acids is 1. The number of ether oxygens (including phenoxy) is 1. The van der Waals surface area contributed by atoms with Gasteiger partial charge < -0.3 is 9.16 Å². The third-order valence-corrected chi connectivity index (χ3v) is 12.9. The van der Waals surface area contributed by atoms with E-state index >= 15 is 0 Å². The SMILES string of the molecule is CCOC(=O)c1sc2c(c1C)c(=O)n(CCCO[Si](C)(C)C(C)(C)C)c(=O)n2CCc1ccccc1. The van der Waals surface area contributed by atoms with Gasteiger partial charge in [-0.25, -0.2) is 9.59 Å². The quantitative estimate of drug-likeness (QED) is 0.200. The molecule has 3 aromatic rings. The Morgan fingerprint density at radius 1 is 1.06 bits per heavy atom. The minimum atomic E-state index is -1.92. The molecule has 0 spiro atoms. The van der Waals surface area contributed by atoms with Crippen molar-refractivity contribution in [3.8, 4) is 0 Å². The normalized spacial score (nSPS) is 12.3. The maximum absolute atomic E-state index is 13.6. The van der Waals surface area contributed by atoms with E-state index in [-0.39, 0.29) is 29.4 Å². The first-order valence-corrected chi connectivity index (χ1v) is 16.2. The zero-order valence-corrected chi connectivity index (χ0v) is 24.3. The number of fused-ring (bicyclic) bond motifs is 1. The second kappa shape index (κ2) is 11.3. The predicted molar refractivity (Wildman–Crippen MR) is 149 cm³/mol. The molecule has 0 fully saturated rings. The van der Waals surface area contributed by atoms with Crippen molar-refractivity contribution in [3.05, 3.63) is 67.2 Å². The summed E-state index contributed by atoms with van der Waals surface area (Å²) in [4.78, 5) is 40.6. The molecule has 0 aliphatic rings. The lowest BCUT2D eigenvalue weighted by atomic mass is 10.1. The van der Waals surface area contributed by atoms with Crippen molar-refractivity contribution >= 4 is 35.8 Å². The van der Waals surface area contributed by atoms with Crippen LogP contribution < -0.4 is 11.2 Å². The average Bonchev–Trinajstić information content (AvgIpc) is 3.15. The number of carbonyl (C=O) groups is 1. The zero-order valence-electron chi connectivity index (χ0n) is 22.5. The van der Waals surface area contributed by atoms with Gasteiger partial charge in [-0.05, 0) is 55.9 Å². The molecule has 0 bridgehead atoms. The Kier molecular flexibility index (Phi) is 8.79. The van der Waals surface area contributed by atoms with Crippen LogP contribution in [0.2, 0.25) is 18.1 Å². The minimum absolute atomic E-state index is 0.0875. The summed E-state index contributed by atoms with van der Waals surface area (Å²) in [5, 5.41) is 0.505. The molecule has 0 amide bonds. The van der Waals surface area contributed by atoms with Crippen LogP contribution in [0.1, 0.15) is 54.9 Å². The van der Waals surface area contributed by atoms with Crippen LogP contribution in [0.3, 0.4) is 0 Å². The number of benzene rings is 1. The van der Waals surface area contributed by atoms with Gasteiger partial charge in [0.05, 0.1) is 12.0 Å². The van der Waals surface area contributed by atoms with Gasteiger partial charge in [-0.2, -0.15) is 0 Å². The van der Waals surface area contributed by atoms with E-state index in [2.05, 4.69) is 33.9 Å². The lowest BCUT2D eigenvalue weighted by Gasteiger charge is -2.36. The summed E-state index contributed by atoms with van der Waals surface area (Å²) in [6, 6.07) is 9.91. The molecule has 2 heterocycles. The zero-order chi connectivity index (χ0) is 26.7. The van der Waals surface area contributed by atoms with Crippen LogP contribution in [0.25, 0.3) is 10.2 Å². The second-order valence-corrected chi connectivity index (χ2v) is 16.4. The molecule has 0 radical (unpaired) electrons. The topological polar surface area (TPSA) is 79.5 Å². The van der Waals surface area contributed by atoms with Crippen molar-refractivity contribution in [2.24, 2.45) is 0 Å². The van der Waals surface area contributed by atoms with Crippen LogP contribution >= 0.6 is 11.3 Å². The van der Waals surface area contributed by atoms with Gasteiger partial charge in [-0.3, -0.25) is 13.9 Å². The fourth-order valence-corrected chi connectivity index (χ4v) is 6.13. The first-order valence-electron chi connectivity index (χ1n) is 12.5. The molecular formula is C27H38N2O5SSi. The highest BCUT2D eigenvalue weighted by Gasteiger charge is 2.36. The van der Waals surface area contributed by atoms with Gasteiger partial charge in [-0.15, -0.1) is 11.3 Å². The van der Waals surface area contributed by atoms with E-state index in [0.717, 1.165) is 16.9 Å². The molecule has 1 aromatic carbocycles. The van der Waals surface area contributed by atoms with Crippen molar-refractivity contribution in [2.75, 3.05) is 13.2 Å². The summed E-state index contributed by atoms with van der Waals surface area (Å²) < 4.78 is 14.4. The third-order valence-electron chi connectivity index (χ3n) is 7.02. The molecule has 0 atom stereocenters. The van der Waals surface area contributed by atoms with Crippen molar-refractivity contribution in [3.63, 3.8) is 0 Å². The summed E-state index contributed by atoms with van der Waals surface area (Å²) in [6.07, 6.45) is 1.19. The third kappa shape index (κ3) is 5.90. The van der Waals surface area contributed by atoms with Crippen LogP contribution in [-0.4, -0.2) is 36.6 Å². The Bertz CT molecular complexity index is 1330. The molecular weight excluding hydrogens is 492 g/mol. The largest absolute Gasteiger partial charge is 0.462 e. The highest BCUT2D eigenvalue weighted by molar-refractivity contribution is 7.20. The second-order valence-electron chi connectivity index (χ2n) is 10.5. The molecule has 3 rings (SSSR count). The molecule has 7 nitrogen and oxygen atoms in total. The minimum Gasteiger partial charge on any atom is -0.462 e. The maximum Gasteiger partial charge on any atom is 0.348 e. The number of rotatable bonds is 10. The Balaban J connectivity index is 2.00. The Hall–Kier alpha value is -2.49. The Labute approximate surface area is 217 Å². The maximum atomic E-state index is 13.6. The fraction of sp³-hybridized carbons (Fsp3) is 0.519. The summed E-state index contributed by atoms with van der Waals surface area (Å²) in [5.41, 5.74) is 0.949. The molecule has 196 valence electrons. The van der Waals surface area contributed by atoms with Crippen molar-refractivity contribution in [2.45, 2.75) is 78.7 Å². The van der Waals surface area contributed by atoms with Gasteiger partial charge in [0.25, 0.3) is 5.56 Å². The van der Waals surface area contributed by atoms with E-state index in [0.29, 0.717) is 46.7 Å². The van der Waals surface area contributed by atoms with Crippen molar-refractivity contribution < 1.29 is 14.0 Å². The number of aromatic nitrogens is 2. The standard InChI is InChI=1S/C27H38N2O5SSi/c1-8-33-25(31)22-19(2)21-23(30)28(16-12-18-34-36(6,7)27(3,4)5)26(32)29(24(21)35-22)17-15-20-13-10-9-11-14-20/h9-11,13-14H,8,12,15-18H2,1-7H3. The van der Waals surface area contributed by atoms with E-state index in [1.165, 1.54) is 4.57 Å². The molecule has 0 saturated carbocycles. The summed E-state index contributed by atoms with van der Waals surface area (Å²) in [6.45, 7) is 15.8. The van der Waals surface area contributed by atoms with Gasteiger partial charge in [0.2, 0.25) is 0 Å². The first kappa shape index (κ1) is 28.1. The first-order chi connectivity index (χ1) is 16.9. The van der Waals surface area contributed by atoms with Crippen LogP contribution in [-0.2, 0) is 28.7 Å². The van der Waals surface area contributed by atoms with E-state index in [9.17, 15) is 14.4 Å². The summed E-state index contributed by atoms with van der Waals surface area (Å²) >= 11 is 1.16. The Morgan fingerprint density at radius 3 is 2.33 bits per heavy atom. The molecule has 9 heteroatoms. The van der Waals surface area contributed by atoms with Crippen LogP contribution in [0.15, 0.2) is 39.9 Å². The number of aryl methyl sites for hydroxylation is 3. The van der Waals surface area contributed by atoms with E-state index in [1.54, 1.807) is 18.4 Å². The fourth-order valence-electron chi connectivity index (χ4n) is 3.83. The van der Waals surface area contributed by atoms with Gasteiger partial charge in [0.1, 0.15) is 9.71 Å². The van der Waals surface area contributed by atoms with Crippen molar-refractivity contribution in [1.29, 1.82) is 0 Å². The Morgan fingerprint density at radius 2 is 1.72 bits per heavy atom. The lowest BCUT2D eigenvalue weighted by molar-refractivity contribution is 0.0531. The number of hydrogen-bond donors (Lipinski definition) is 0. The predicted octanol–water partition coefficient (Wildman–Crippen LogP) is 5.36. The van der Waals surface area contributed by atoms with Gasteiger partial charge in [0, 0.05) is 19.7 Å². The monoisotopic (exact) mass is 530 g/mol. The molecule has 36 heavy (non-hydrogen) atoms. The van der Waals surface area contributed by atoms with E-state index < -0.39 is 14.3 Å². The number of hydrogen-bond acceptors (Lipinski definition) is 6. The molecule has 0 saturated heterocycles. The van der Waals surface area contributed by atoms with Gasteiger partial charge in [-0.1, -0.05) is 51.1 Å². The number of thiophene rings is 1. The van der Waals surface area contributed by atoms with E-state index in [4.69, 9.17) is 9.16 Å². The van der Waals surface area contributed by atoms with Crippen LogP contribution in [0.4, 0.5) is 0 Å². The lowest BCUT2D eigenvalue weighted by Crippen LogP contribution is -2.42. The van der Waals surface area contributed by atoms with Crippen LogP contribution in [0.5, 0.6) is 0 Å². The highest BCUT2D eigenvalue weighted by atomic mass is 32.1. The van der Waals surface area contributed by atoms with Gasteiger partial charge in [0.15, 0.2) is 8.32 Å². The van der Waals surface area contributed by atoms with E-state index in [1.807, 2.05) is 30.3 Å². The number of nitrogens with zero attached hydrogens (tertiary/aromatic N) is 2. The molecule has 0 unspecified atom stereocenters. The van der Waals surface area contributed by atoms with Gasteiger partial charge >= 0.3 is 11.7 Å². The molecule has 2 aromatic heterocycles. The average molecular weight is 531 g/mol. The summed E-state index contributed by atoms with van der Waals surface area (Å²) in [5.74, 6) is -0.466. The molecule has 0 N–H and O–H groups in total. The van der Waals surface area contributed by atoms with Crippen LogP contribution in [0, 0.1) is 6.92 Å². The summed E-state index contributed by atoms with van der Waals surface area (Å²) in [7, 11) is -1.92. The smallest absolute Gasteiger partial charge is 0.348 e.